The fourth-order valence-corrected chi connectivity index (χ4v) is 3.86. The van der Waals surface area contributed by atoms with E-state index in [1.165, 1.54) is 37.8 Å². The van der Waals surface area contributed by atoms with E-state index >= 15 is 0 Å². The molecule has 23 heavy (non-hydrogen) atoms. The molecule has 0 spiro atoms. The van der Waals surface area contributed by atoms with Crippen molar-refractivity contribution in [3.63, 3.8) is 0 Å². The molecule has 1 aliphatic heterocycles. The number of rotatable bonds is 6. The van der Waals surface area contributed by atoms with E-state index in [1.807, 2.05) is 0 Å². The molecule has 1 aliphatic rings. The molecular weight excluding hydrogens is 314 g/mol. The molecular formula is C16H25N3O3S. The fourth-order valence-electron chi connectivity index (χ4n) is 2.81. The summed E-state index contributed by atoms with van der Waals surface area (Å²) in [5.74, 6) is -0.621. The van der Waals surface area contributed by atoms with E-state index < -0.39 is 15.9 Å². The van der Waals surface area contributed by atoms with Gasteiger partial charge in [0.05, 0.1) is 4.90 Å². The number of nitrogens with zero attached hydrogens (tertiary/aromatic N) is 1. The summed E-state index contributed by atoms with van der Waals surface area (Å²) in [6, 6.07) is 4.44. The van der Waals surface area contributed by atoms with Gasteiger partial charge in [0.25, 0.3) is 0 Å². The second kappa shape index (κ2) is 7.90. The molecule has 1 aromatic carbocycles. The molecule has 1 fully saturated rings. The van der Waals surface area contributed by atoms with Crippen LogP contribution in [0.25, 0.3) is 0 Å². The van der Waals surface area contributed by atoms with Gasteiger partial charge >= 0.3 is 0 Å². The predicted octanol–water partition coefficient (Wildman–Crippen LogP) is 1.25. The van der Waals surface area contributed by atoms with Crippen molar-refractivity contribution in [2.24, 2.45) is 5.73 Å². The molecule has 0 aromatic heterocycles. The quantitative estimate of drug-likeness (QED) is 0.816. The van der Waals surface area contributed by atoms with Crippen LogP contribution in [0.2, 0.25) is 0 Å². The van der Waals surface area contributed by atoms with Crippen molar-refractivity contribution >= 4 is 15.9 Å². The van der Waals surface area contributed by atoms with Crippen LogP contribution in [0.4, 0.5) is 0 Å². The number of carbonyl (C=O) groups excluding carboxylic acids is 1. The molecule has 1 aromatic rings. The van der Waals surface area contributed by atoms with Crippen LogP contribution in [0.5, 0.6) is 0 Å². The van der Waals surface area contributed by atoms with Gasteiger partial charge in [0, 0.05) is 18.7 Å². The highest BCUT2D eigenvalue weighted by Crippen LogP contribution is 2.15. The van der Waals surface area contributed by atoms with Crippen LogP contribution < -0.4 is 10.5 Å². The van der Waals surface area contributed by atoms with Gasteiger partial charge in [-0.1, -0.05) is 18.9 Å². The summed E-state index contributed by atoms with van der Waals surface area (Å²) in [6.07, 6.45) is 4.85. The third kappa shape index (κ3) is 5.02. The first kappa shape index (κ1) is 17.9. The van der Waals surface area contributed by atoms with Gasteiger partial charge in [-0.15, -0.1) is 0 Å². The number of amides is 1. The van der Waals surface area contributed by atoms with E-state index in [-0.39, 0.29) is 10.5 Å². The molecule has 3 N–H and O–H groups in total. The van der Waals surface area contributed by atoms with Crippen molar-refractivity contribution < 1.29 is 13.2 Å². The van der Waals surface area contributed by atoms with Gasteiger partial charge in [-0.25, -0.2) is 13.1 Å². The summed E-state index contributed by atoms with van der Waals surface area (Å²) < 4.78 is 27.3. The Hall–Kier alpha value is -1.44. The lowest BCUT2D eigenvalue weighted by atomic mass is 10.1. The molecule has 0 aliphatic carbocycles. The van der Waals surface area contributed by atoms with Crippen LogP contribution in [0.3, 0.4) is 0 Å². The third-order valence-corrected chi connectivity index (χ3v) is 5.66. The molecule has 7 heteroatoms. The van der Waals surface area contributed by atoms with Gasteiger partial charge in [0.2, 0.25) is 15.9 Å². The second-order valence-corrected chi connectivity index (χ2v) is 7.76. The third-order valence-electron chi connectivity index (χ3n) is 4.20. The van der Waals surface area contributed by atoms with E-state index in [9.17, 15) is 13.2 Å². The summed E-state index contributed by atoms with van der Waals surface area (Å²) in [5, 5.41) is 0. The van der Waals surface area contributed by atoms with Crippen LogP contribution in [0.1, 0.15) is 41.6 Å². The lowest BCUT2D eigenvalue weighted by molar-refractivity contribution is 0.0999. The van der Waals surface area contributed by atoms with E-state index in [2.05, 4.69) is 9.62 Å². The lowest BCUT2D eigenvalue weighted by Gasteiger charge is -2.19. The zero-order chi connectivity index (χ0) is 16.9. The topological polar surface area (TPSA) is 92.5 Å². The van der Waals surface area contributed by atoms with Gasteiger partial charge in [-0.2, -0.15) is 0 Å². The smallest absolute Gasteiger partial charge is 0.249 e. The highest BCUT2D eigenvalue weighted by Gasteiger charge is 2.17. The van der Waals surface area contributed by atoms with Gasteiger partial charge in [-0.3, -0.25) is 4.79 Å². The standard InChI is InChI=1S/C16H25N3O3S/c1-13-6-7-14(12-15(13)16(17)20)23(21,22)18-8-11-19-9-4-2-3-5-10-19/h6-7,12,18H,2-5,8-11H2,1H3,(H2,17,20). The van der Waals surface area contributed by atoms with Crippen LogP contribution in [0, 0.1) is 6.92 Å². The van der Waals surface area contributed by atoms with Crippen LogP contribution >= 0.6 is 0 Å². The number of nitrogens with two attached hydrogens (primary N) is 1. The Morgan fingerprint density at radius 2 is 1.87 bits per heavy atom. The number of benzene rings is 1. The maximum Gasteiger partial charge on any atom is 0.249 e. The fraction of sp³-hybridized carbons (Fsp3) is 0.562. The molecule has 0 saturated carbocycles. The first-order chi connectivity index (χ1) is 10.9. The number of sulfonamides is 1. The van der Waals surface area contributed by atoms with Crippen LogP contribution in [-0.4, -0.2) is 45.4 Å². The second-order valence-electron chi connectivity index (χ2n) is 5.99. The van der Waals surface area contributed by atoms with Gasteiger partial charge in [-0.05, 0) is 50.6 Å². The number of hydrogen-bond donors (Lipinski definition) is 2. The van der Waals surface area contributed by atoms with Gasteiger partial charge in [0.1, 0.15) is 0 Å². The largest absolute Gasteiger partial charge is 0.366 e. The average Bonchev–Trinajstić information content (AvgIpc) is 2.76. The number of aryl methyl sites for hydroxylation is 1. The molecule has 128 valence electrons. The zero-order valence-corrected chi connectivity index (χ0v) is 14.4. The first-order valence-electron chi connectivity index (χ1n) is 8.02. The lowest BCUT2D eigenvalue weighted by Crippen LogP contribution is -2.35. The van der Waals surface area contributed by atoms with Gasteiger partial charge in [0.15, 0.2) is 0 Å². The molecule has 0 radical (unpaired) electrons. The number of likely N-dealkylation sites (tertiary alicyclic amines) is 1. The van der Waals surface area contributed by atoms with E-state index in [0.29, 0.717) is 18.7 Å². The summed E-state index contributed by atoms with van der Waals surface area (Å²) in [6.45, 7) is 4.84. The zero-order valence-electron chi connectivity index (χ0n) is 13.5. The molecule has 6 nitrogen and oxygen atoms in total. The average molecular weight is 339 g/mol. The number of nitrogens with one attached hydrogen (secondary N) is 1. The van der Waals surface area contributed by atoms with Crippen molar-refractivity contribution in [1.29, 1.82) is 0 Å². The Morgan fingerprint density at radius 1 is 1.22 bits per heavy atom. The van der Waals surface area contributed by atoms with E-state index in [1.54, 1.807) is 13.0 Å². The Labute approximate surface area is 138 Å². The Balaban J connectivity index is 1.98. The van der Waals surface area contributed by atoms with Crippen molar-refractivity contribution in [2.45, 2.75) is 37.5 Å². The molecule has 1 heterocycles. The van der Waals surface area contributed by atoms with E-state index in [0.717, 1.165) is 13.1 Å². The number of carbonyl (C=O) groups is 1. The SMILES string of the molecule is Cc1ccc(S(=O)(=O)NCCN2CCCCCC2)cc1C(N)=O. The normalized spacial score (nSPS) is 16.9. The summed E-state index contributed by atoms with van der Waals surface area (Å²) in [7, 11) is -3.63. The van der Waals surface area contributed by atoms with Crippen LogP contribution in [0.15, 0.2) is 23.1 Å². The Morgan fingerprint density at radius 3 is 2.48 bits per heavy atom. The Kier molecular flexibility index (Phi) is 6.15. The molecule has 0 atom stereocenters. The van der Waals surface area contributed by atoms with Crippen molar-refractivity contribution in [1.82, 2.24) is 9.62 Å². The monoisotopic (exact) mass is 339 g/mol. The molecule has 1 saturated heterocycles. The van der Waals surface area contributed by atoms with Gasteiger partial charge < -0.3 is 10.6 Å². The molecule has 0 unspecified atom stereocenters. The number of primary amides is 1. The maximum absolute atomic E-state index is 12.3. The highest BCUT2D eigenvalue weighted by atomic mass is 32.2. The highest BCUT2D eigenvalue weighted by molar-refractivity contribution is 7.89. The molecule has 2 rings (SSSR count). The van der Waals surface area contributed by atoms with Crippen molar-refractivity contribution in [3.8, 4) is 0 Å². The summed E-state index contributed by atoms with van der Waals surface area (Å²) in [5.41, 5.74) is 6.18. The van der Waals surface area contributed by atoms with E-state index in [4.69, 9.17) is 5.73 Å². The van der Waals surface area contributed by atoms with Crippen molar-refractivity contribution in [2.75, 3.05) is 26.2 Å². The summed E-state index contributed by atoms with van der Waals surface area (Å²) >= 11 is 0. The maximum atomic E-state index is 12.3. The summed E-state index contributed by atoms with van der Waals surface area (Å²) in [4.78, 5) is 13.7. The van der Waals surface area contributed by atoms with Crippen molar-refractivity contribution in [3.05, 3.63) is 29.3 Å². The predicted molar refractivity (Wildman–Crippen MR) is 89.8 cm³/mol. The number of hydrogen-bond acceptors (Lipinski definition) is 4. The minimum atomic E-state index is -3.63. The van der Waals surface area contributed by atoms with Crippen LogP contribution in [-0.2, 0) is 10.0 Å². The minimum absolute atomic E-state index is 0.0766. The minimum Gasteiger partial charge on any atom is -0.366 e. The Bertz CT molecular complexity index is 651. The molecule has 0 bridgehead atoms. The first-order valence-corrected chi connectivity index (χ1v) is 9.51. The molecule has 1 amide bonds.